The largest absolute Gasteiger partial charge is 0.374 e. The average Bonchev–Trinajstić information content (AvgIpc) is 2.71. The Hall–Kier alpha value is -0.450. The molecule has 1 aliphatic rings. The molecule has 4 heteroatoms. The van der Waals surface area contributed by atoms with E-state index < -0.39 is 0 Å². The SMILES string of the molecule is CC1(C(N)Cc2cncs2)CCCCO1. The summed E-state index contributed by atoms with van der Waals surface area (Å²) in [4.78, 5) is 5.31. The molecule has 1 aromatic rings. The van der Waals surface area contributed by atoms with Gasteiger partial charge in [-0.3, -0.25) is 4.98 Å². The fourth-order valence-electron chi connectivity index (χ4n) is 2.02. The van der Waals surface area contributed by atoms with E-state index in [4.69, 9.17) is 10.5 Å². The zero-order valence-electron chi connectivity index (χ0n) is 9.11. The average molecular weight is 226 g/mol. The van der Waals surface area contributed by atoms with Crippen molar-refractivity contribution in [3.63, 3.8) is 0 Å². The van der Waals surface area contributed by atoms with Gasteiger partial charge in [-0.2, -0.15) is 0 Å². The van der Waals surface area contributed by atoms with Crippen LogP contribution in [0, 0.1) is 0 Å². The first kappa shape index (κ1) is 11.0. The Bertz CT molecular complexity index is 294. The lowest BCUT2D eigenvalue weighted by Crippen LogP contribution is -2.50. The van der Waals surface area contributed by atoms with Crippen molar-refractivity contribution in [2.45, 2.75) is 44.2 Å². The van der Waals surface area contributed by atoms with E-state index in [-0.39, 0.29) is 11.6 Å². The molecule has 1 fully saturated rings. The summed E-state index contributed by atoms with van der Waals surface area (Å²) in [5.74, 6) is 0. The van der Waals surface area contributed by atoms with Gasteiger partial charge in [0.05, 0.1) is 11.1 Å². The second-order valence-corrected chi connectivity index (χ2v) is 5.37. The molecule has 0 bridgehead atoms. The van der Waals surface area contributed by atoms with Gasteiger partial charge < -0.3 is 10.5 Å². The predicted octanol–water partition coefficient (Wildman–Crippen LogP) is 1.97. The van der Waals surface area contributed by atoms with Gasteiger partial charge in [0.1, 0.15) is 0 Å². The maximum Gasteiger partial charge on any atom is 0.0808 e. The third-order valence-corrected chi connectivity index (χ3v) is 3.99. The number of rotatable bonds is 3. The first-order valence-electron chi connectivity index (χ1n) is 5.48. The summed E-state index contributed by atoms with van der Waals surface area (Å²) >= 11 is 1.67. The number of ether oxygens (including phenoxy) is 1. The highest BCUT2D eigenvalue weighted by Gasteiger charge is 2.34. The molecule has 2 unspecified atom stereocenters. The minimum atomic E-state index is -0.137. The zero-order chi connectivity index (χ0) is 10.7. The Morgan fingerprint density at radius 3 is 3.13 bits per heavy atom. The molecule has 0 amide bonds. The maximum absolute atomic E-state index is 6.23. The molecule has 0 radical (unpaired) electrons. The first-order chi connectivity index (χ1) is 7.21. The number of hydrogen-bond donors (Lipinski definition) is 1. The second-order valence-electron chi connectivity index (χ2n) is 4.40. The van der Waals surface area contributed by atoms with Crippen LogP contribution in [0.4, 0.5) is 0 Å². The zero-order valence-corrected chi connectivity index (χ0v) is 9.93. The van der Waals surface area contributed by atoms with Gasteiger partial charge in [0.2, 0.25) is 0 Å². The monoisotopic (exact) mass is 226 g/mol. The first-order valence-corrected chi connectivity index (χ1v) is 6.35. The molecule has 3 nitrogen and oxygen atoms in total. The third-order valence-electron chi connectivity index (χ3n) is 3.19. The number of nitrogens with zero attached hydrogens (tertiary/aromatic N) is 1. The van der Waals surface area contributed by atoms with E-state index >= 15 is 0 Å². The molecule has 84 valence electrons. The van der Waals surface area contributed by atoms with Crippen LogP contribution in [0.3, 0.4) is 0 Å². The molecule has 2 rings (SSSR count). The quantitative estimate of drug-likeness (QED) is 0.857. The van der Waals surface area contributed by atoms with Crippen molar-refractivity contribution in [3.8, 4) is 0 Å². The van der Waals surface area contributed by atoms with Crippen molar-refractivity contribution in [2.24, 2.45) is 5.73 Å². The highest BCUT2D eigenvalue weighted by Crippen LogP contribution is 2.28. The van der Waals surface area contributed by atoms with E-state index in [1.54, 1.807) is 11.3 Å². The van der Waals surface area contributed by atoms with Crippen LogP contribution in [0.15, 0.2) is 11.7 Å². The molecule has 2 N–H and O–H groups in total. The normalized spacial score (nSPS) is 28.9. The molecule has 1 saturated heterocycles. The van der Waals surface area contributed by atoms with Gasteiger partial charge >= 0.3 is 0 Å². The third kappa shape index (κ3) is 2.56. The topological polar surface area (TPSA) is 48.1 Å². The van der Waals surface area contributed by atoms with Gasteiger partial charge in [0.15, 0.2) is 0 Å². The van der Waals surface area contributed by atoms with E-state index in [1.807, 2.05) is 11.7 Å². The molecule has 0 aromatic carbocycles. The van der Waals surface area contributed by atoms with Gasteiger partial charge in [-0.25, -0.2) is 0 Å². The minimum absolute atomic E-state index is 0.0817. The number of nitrogens with two attached hydrogens (primary N) is 1. The highest BCUT2D eigenvalue weighted by molar-refractivity contribution is 7.09. The van der Waals surface area contributed by atoms with Crippen LogP contribution in [0.25, 0.3) is 0 Å². The van der Waals surface area contributed by atoms with Gasteiger partial charge in [0, 0.05) is 30.1 Å². The molecule has 1 aliphatic heterocycles. The van der Waals surface area contributed by atoms with Gasteiger partial charge in [-0.05, 0) is 26.2 Å². The van der Waals surface area contributed by atoms with E-state index in [0.29, 0.717) is 0 Å². The summed E-state index contributed by atoms with van der Waals surface area (Å²) < 4.78 is 5.84. The summed E-state index contributed by atoms with van der Waals surface area (Å²) in [6, 6.07) is 0.0817. The fraction of sp³-hybridized carbons (Fsp3) is 0.727. The number of hydrogen-bond acceptors (Lipinski definition) is 4. The second kappa shape index (κ2) is 4.60. The molecule has 0 aliphatic carbocycles. The van der Waals surface area contributed by atoms with Crippen molar-refractivity contribution < 1.29 is 4.74 Å². The highest BCUT2D eigenvalue weighted by atomic mass is 32.1. The molecule has 2 atom stereocenters. The maximum atomic E-state index is 6.23. The molecule has 1 aromatic heterocycles. The Labute approximate surface area is 94.7 Å². The summed E-state index contributed by atoms with van der Waals surface area (Å²) in [5.41, 5.74) is 7.94. The van der Waals surface area contributed by atoms with Gasteiger partial charge in [0.25, 0.3) is 0 Å². The predicted molar refractivity (Wildman–Crippen MR) is 62.0 cm³/mol. The van der Waals surface area contributed by atoms with E-state index in [9.17, 15) is 0 Å². The van der Waals surface area contributed by atoms with Crippen LogP contribution in [-0.4, -0.2) is 23.2 Å². The van der Waals surface area contributed by atoms with E-state index in [0.717, 1.165) is 19.4 Å². The summed E-state index contributed by atoms with van der Waals surface area (Å²) in [6.45, 7) is 2.99. The lowest BCUT2D eigenvalue weighted by molar-refractivity contribution is -0.0807. The Morgan fingerprint density at radius 2 is 2.53 bits per heavy atom. The van der Waals surface area contributed by atoms with Crippen LogP contribution < -0.4 is 5.73 Å². The fourth-order valence-corrected chi connectivity index (χ4v) is 2.68. The van der Waals surface area contributed by atoms with Crippen LogP contribution in [-0.2, 0) is 11.2 Å². The smallest absolute Gasteiger partial charge is 0.0808 e. The van der Waals surface area contributed by atoms with Crippen molar-refractivity contribution in [1.29, 1.82) is 0 Å². The van der Waals surface area contributed by atoms with Crippen molar-refractivity contribution in [1.82, 2.24) is 4.98 Å². The minimum Gasteiger partial charge on any atom is -0.374 e. The van der Waals surface area contributed by atoms with Crippen molar-refractivity contribution in [2.75, 3.05) is 6.61 Å². The molecule has 2 heterocycles. The van der Waals surface area contributed by atoms with E-state index in [2.05, 4.69) is 11.9 Å². The Balaban J connectivity index is 1.97. The molecular formula is C11H18N2OS. The van der Waals surface area contributed by atoms with Crippen LogP contribution in [0.5, 0.6) is 0 Å². The summed E-state index contributed by atoms with van der Waals surface area (Å²) in [6.07, 6.45) is 6.25. The van der Waals surface area contributed by atoms with Crippen molar-refractivity contribution in [3.05, 3.63) is 16.6 Å². The van der Waals surface area contributed by atoms with Gasteiger partial charge in [-0.15, -0.1) is 11.3 Å². The summed E-state index contributed by atoms with van der Waals surface area (Å²) in [7, 11) is 0. The van der Waals surface area contributed by atoms with Crippen LogP contribution >= 0.6 is 11.3 Å². The van der Waals surface area contributed by atoms with E-state index in [1.165, 1.54) is 17.7 Å². The Kier molecular flexibility index (Phi) is 3.38. The summed E-state index contributed by atoms with van der Waals surface area (Å²) in [5, 5.41) is 0. The Morgan fingerprint density at radius 1 is 1.67 bits per heavy atom. The lowest BCUT2D eigenvalue weighted by atomic mass is 9.87. The van der Waals surface area contributed by atoms with Crippen molar-refractivity contribution >= 4 is 11.3 Å². The van der Waals surface area contributed by atoms with Crippen LogP contribution in [0.1, 0.15) is 31.1 Å². The molecular weight excluding hydrogens is 208 g/mol. The molecule has 0 spiro atoms. The molecule has 15 heavy (non-hydrogen) atoms. The number of aromatic nitrogens is 1. The standard InChI is InChI=1S/C11H18N2OS/c1-11(4-2-3-5-14-11)10(12)6-9-7-13-8-15-9/h7-8,10H,2-6,12H2,1H3. The lowest BCUT2D eigenvalue weighted by Gasteiger charge is -2.38. The van der Waals surface area contributed by atoms with Crippen LogP contribution in [0.2, 0.25) is 0 Å². The molecule has 0 saturated carbocycles. The number of thiazole rings is 1. The van der Waals surface area contributed by atoms with Gasteiger partial charge in [-0.1, -0.05) is 0 Å².